The normalized spacial score (nSPS) is 17.4. The monoisotopic (exact) mass is 462 g/mol. The van der Waals surface area contributed by atoms with Crippen LogP contribution in [0.1, 0.15) is 32.3 Å². The van der Waals surface area contributed by atoms with Crippen LogP contribution in [0.4, 0.5) is 5.69 Å². The number of hydrogen-bond acceptors (Lipinski definition) is 7. The van der Waals surface area contributed by atoms with E-state index >= 15 is 0 Å². The minimum Gasteiger partial charge on any atom is -0.392 e. The van der Waals surface area contributed by atoms with E-state index in [-0.39, 0.29) is 22.8 Å². The van der Waals surface area contributed by atoms with Crippen LogP contribution in [0.25, 0.3) is 0 Å². The third-order valence-electron chi connectivity index (χ3n) is 5.04. The zero-order valence-corrected chi connectivity index (χ0v) is 19.6. The Hall–Kier alpha value is -2.72. The summed E-state index contributed by atoms with van der Waals surface area (Å²) in [5.41, 5.74) is 13.0. The van der Waals surface area contributed by atoms with E-state index in [9.17, 15) is 14.4 Å². The Bertz CT molecular complexity index is 827. The molecule has 0 saturated carbocycles. The average molecular weight is 463 g/mol. The number of primary amides is 1. The Morgan fingerprint density at radius 1 is 1.12 bits per heavy atom. The van der Waals surface area contributed by atoms with Crippen LogP contribution in [0.5, 0.6) is 0 Å². The van der Waals surface area contributed by atoms with E-state index in [4.69, 9.17) is 11.5 Å². The molecule has 1 atom stereocenters. The van der Waals surface area contributed by atoms with Crippen LogP contribution < -0.4 is 27.4 Å². The van der Waals surface area contributed by atoms with E-state index in [1.165, 1.54) is 16.7 Å². The van der Waals surface area contributed by atoms with Crippen molar-refractivity contribution >= 4 is 35.2 Å². The molecule has 1 fully saturated rings. The summed E-state index contributed by atoms with van der Waals surface area (Å²) in [6.07, 6.45) is 2.12. The van der Waals surface area contributed by atoms with Gasteiger partial charge in [0.2, 0.25) is 11.8 Å². The maximum absolute atomic E-state index is 12.6. The fourth-order valence-corrected chi connectivity index (χ4v) is 4.51. The van der Waals surface area contributed by atoms with Gasteiger partial charge in [0.05, 0.1) is 0 Å². The predicted molar refractivity (Wildman–Crippen MR) is 129 cm³/mol. The van der Waals surface area contributed by atoms with E-state index in [2.05, 4.69) is 16.0 Å². The Morgan fingerprint density at radius 3 is 2.47 bits per heavy atom. The maximum atomic E-state index is 12.6. The average Bonchev–Trinajstić information content (AvgIpc) is 3.10. The van der Waals surface area contributed by atoms with Crippen LogP contribution in [-0.4, -0.2) is 60.6 Å². The van der Waals surface area contributed by atoms with Gasteiger partial charge in [-0.3, -0.25) is 14.4 Å². The summed E-state index contributed by atoms with van der Waals surface area (Å²) in [7, 11) is 0. The van der Waals surface area contributed by atoms with Gasteiger partial charge in [-0.25, -0.2) is 0 Å². The molecule has 0 aliphatic carbocycles. The van der Waals surface area contributed by atoms with Gasteiger partial charge < -0.3 is 32.3 Å². The first kappa shape index (κ1) is 25.5. The molecule has 176 valence electrons. The minimum absolute atomic E-state index is 0.0754. The zero-order chi connectivity index (χ0) is 23.5. The number of nitrogens with zero attached hydrogens (tertiary/aromatic N) is 1. The smallest absolute Gasteiger partial charge is 0.267 e. The lowest BCUT2D eigenvalue weighted by atomic mass is 10.1. The first-order valence-corrected chi connectivity index (χ1v) is 11.8. The highest BCUT2D eigenvalue weighted by molar-refractivity contribution is 8.04. The molecule has 0 radical (unpaired) electrons. The largest absolute Gasteiger partial charge is 0.392 e. The van der Waals surface area contributed by atoms with Crippen molar-refractivity contribution in [3.8, 4) is 0 Å². The second-order valence-corrected chi connectivity index (χ2v) is 8.60. The molecular formula is C22H34N6O3S. The number of thioether (sulfide) groups is 1. The highest BCUT2D eigenvalue weighted by Gasteiger charge is 2.37. The molecule has 32 heavy (non-hydrogen) atoms. The summed E-state index contributed by atoms with van der Waals surface area (Å²) in [6, 6.07) is 7.96. The van der Waals surface area contributed by atoms with Crippen LogP contribution in [0.3, 0.4) is 0 Å². The van der Waals surface area contributed by atoms with Crippen LogP contribution in [0.15, 0.2) is 35.0 Å². The topological polar surface area (TPSA) is 143 Å². The first-order chi connectivity index (χ1) is 15.4. The second-order valence-electron chi connectivity index (χ2n) is 7.41. The standard InChI is InChI=1S/C22H34N6O3S/c1-3-25-12-13-26-18(29)7-5-6-15-8-10-16(11-9-15)27-14-17-21(31)28(4-2)22(32-17)19(23)20(24)30/h8-11,17,25,27H,3-7,12-14,23H2,1-2H3,(H2,24,30)(H,26,29)/b22-19+/t17-/m1/s1. The fraction of sp³-hybridized carbons (Fsp3) is 0.500. The molecule has 1 aromatic rings. The number of carbonyl (C=O) groups excluding carboxylic acids is 3. The summed E-state index contributed by atoms with van der Waals surface area (Å²) >= 11 is 1.26. The van der Waals surface area contributed by atoms with Gasteiger partial charge in [-0.05, 0) is 44.0 Å². The van der Waals surface area contributed by atoms with Crippen molar-refractivity contribution in [1.82, 2.24) is 15.5 Å². The fourth-order valence-electron chi connectivity index (χ4n) is 3.27. The molecule has 9 nitrogen and oxygen atoms in total. The highest BCUT2D eigenvalue weighted by Crippen LogP contribution is 2.36. The van der Waals surface area contributed by atoms with Gasteiger partial charge in [0.25, 0.3) is 5.91 Å². The Morgan fingerprint density at radius 2 is 1.84 bits per heavy atom. The lowest BCUT2D eigenvalue weighted by Crippen LogP contribution is -2.33. The molecule has 1 aliphatic heterocycles. The van der Waals surface area contributed by atoms with Crippen LogP contribution in [0, 0.1) is 0 Å². The van der Waals surface area contributed by atoms with E-state index in [0.717, 1.165) is 37.2 Å². The molecule has 1 heterocycles. The minimum atomic E-state index is -0.728. The third-order valence-corrected chi connectivity index (χ3v) is 6.36. The molecule has 1 aromatic carbocycles. The van der Waals surface area contributed by atoms with E-state index in [1.54, 1.807) is 0 Å². The van der Waals surface area contributed by atoms with Gasteiger partial charge in [0.15, 0.2) is 0 Å². The van der Waals surface area contributed by atoms with Crippen molar-refractivity contribution in [2.24, 2.45) is 11.5 Å². The summed E-state index contributed by atoms with van der Waals surface area (Å²) in [4.78, 5) is 37.3. The quantitative estimate of drug-likeness (QED) is 0.215. The van der Waals surface area contributed by atoms with E-state index in [1.807, 2.05) is 38.1 Å². The number of likely N-dealkylation sites (N-methyl/N-ethyl adjacent to an activating group) is 1. The number of amides is 3. The summed E-state index contributed by atoms with van der Waals surface area (Å²) in [6.45, 7) is 7.03. The molecular weight excluding hydrogens is 428 g/mol. The van der Waals surface area contributed by atoms with E-state index < -0.39 is 5.91 Å². The molecule has 7 N–H and O–H groups in total. The molecule has 10 heteroatoms. The number of carbonyl (C=O) groups is 3. The summed E-state index contributed by atoms with van der Waals surface area (Å²) < 4.78 is 0. The molecule has 1 aliphatic rings. The van der Waals surface area contributed by atoms with Gasteiger partial charge in [-0.2, -0.15) is 0 Å². The lowest BCUT2D eigenvalue weighted by Gasteiger charge is -2.15. The number of rotatable bonds is 13. The van der Waals surface area contributed by atoms with Gasteiger partial charge in [-0.1, -0.05) is 30.8 Å². The maximum Gasteiger partial charge on any atom is 0.267 e. The summed E-state index contributed by atoms with van der Waals surface area (Å²) in [5, 5.41) is 9.39. The van der Waals surface area contributed by atoms with Gasteiger partial charge in [0, 0.05) is 38.3 Å². The third kappa shape index (κ3) is 7.45. The van der Waals surface area contributed by atoms with Crippen molar-refractivity contribution in [1.29, 1.82) is 0 Å². The van der Waals surface area contributed by atoms with Crippen LogP contribution in [-0.2, 0) is 20.8 Å². The number of nitrogens with two attached hydrogens (primary N) is 2. The Balaban J connectivity index is 1.78. The van der Waals surface area contributed by atoms with Gasteiger partial charge in [-0.15, -0.1) is 0 Å². The Labute approximate surface area is 193 Å². The lowest BCUT2D eigenvalue weighted by molar-refractivity contribution is -0.127. The van der Waals surface area contributed by atoms with Crippen molar-refractivity contribution in [3.05, 3.63) is 40.6 Å². The number of benzene rings is 1. The van der Waals surface area contributed by atoms with Crippen LogP contribution >= 0.6 is 11.8 Å². The van der Waals surface area contributed by atoms with Crippen molar-refractivity contribution in [2.45, 2.75) is 38.4 Å². The van der Waals surface area contributed by atoms with Crippen molar-refractivity contribution in [3.63, 3.8) is 0 Å². The molecule has 0 spiro atoms. The van der Waals surface area contributed by atoms with Gasteiger partial charge in [0.1, 0.15) is 16.0 Å². The Kier molecular flexibility index (Phi) is 10.4. The predicted octanol–water partition coefficient (Wildman–Crippen LogP) is 0.724. The summed E-state index contributed by atoms with van der Waals surface area (Å²) in [5.74, 6) is -0.745. The van der Waals surface area contributed by atoms with Crippen molar-refractivity contribution in [2.75, 3.05) is 38.0 Å². The van der Waals surface area contributed by atoms with Crippen LogP contribution in [0.2, 0.25) is 0 Å². The number of anilines is 1. The molecule has 1 saturated heterocycles. The highest BCUT2D eigenvalue weighted by atomic mass is 32.2. The molecule has 2 rings (SSSR count). The van der Waals surface area contributed by atoms with E-state index in [0.29, 0.717) is 31.1 Å². The molecule has 0 bridgehead atoms. The molecule has 0 aromatic heterocycles. The number of nitrogens with one attached hydrogen (secondary N) is 3. The first-order valence-electron chi connectivity index (χ1n) is 10.9. The number of aryl methyl sites for hydroxylation is 1. The van der Waals surface area contributed by atoms with Gasteiger partial charge >= 0.3 is 0 Å². The molecule has 3 amide bonds. The second kappa shape index (κ2) is 13.0. The molecule has 0 unspecified atom stereocenters. The number of hydrogen-bond donors (Lipinski definition) is 5. The van der Waals surface area contributed by atoms with Crippen molar-refractivity contribution < 1.29 is 14.4 Å². The zero-order valence-electron chi connectivity index (χ0n) is 18.8. The SMILES string of the molecule is CCNCCNC(=O)CCCc1ccc(NC[C@H]2S/C(=C(/N)C(N)=O)N(CC)C2=O)cc1.